The number of phenols is 1. The molecule has 470 valence electrons. The normalized spacial score (nSPS) is 13.0. The highest BCUT2D eigenvalue weighted by Crippen LogP contribution is 2.42. The second kappa shape index (κ2) is 30.1. The summed E-state index contributed by atoms with van der Waals surface area (Å²) in [4.78, 5) is 129. The minimum Gasteiger partial charge on any atom is -0.508 e. The topological polar surface area (TPSA) is 310 Å². The number of imidazole rings is 1. The van der Waals surface area contributed by atoms with E-state index in [1.807, 2.05) is 25.1 Å². The molecule has 1 atom stereocenters. The Morgan fingerprint density at radius 1 is 0.787 bits per heavy atom. The molecule has 0 saturated heterocycles. The van der Waals surface area contributed by atoms with Crippen molar-refractivity contribution in [2.45, 2.75) is 59.7 Å². The van der Waals surface area contributed by atoms with E-state index >= 15 is 0 Å². The number of aromatic hydroxyl groups is 1. The van der Waals surface area contributed by atoms with Crippen LogP contribution in [0.25, 0.3) is 16.4 Å². The first-order chi connectivity index (χ1) is 42.7. The maximum absolute atomic E-state index is 14.4. The van der Waals surface area contributed by atoms with Gasteiger partial charge in [-0.25, -0.2) is 19.4 Å². The molecule has 6 aromatic rings. The monoisotopic (exact) mass is 1220 g/mol. The van der Waals surface area contributed by atoms with Gasteiger partial charge in [0.25, 0.3) is 23.6 Å². The maximum atomic E-state index is 14.4. The Morgan fingerprint density at radius 3 is 2.22 bits per heavy atom. The van der Waals surface area contributed by atoms with Crippen LogP contribution in [0.3, 0.4) is 0 Å². The minimum absolute atomic E-state index is 0.00860. The van der Waals surface area contributed by atoms with Crippen molar-refractivity contribution in [2.75, 3.05) is 101 Å². The molecule has 4 aromatic carbocycles. The van der Waals surface area contributed by atoms with Crippen LogP contribution in [-0.4, -0.2) is 186 Å². The number of aliphatic hydroxyl groups excluding tert-OH is 1. The number of hydrogen-bond acceptors (Lipinski definition) is 17. The van der Waals surface area contributed by atoms with Crippen LogP contribution in [0.5, 0.6) is 11.5 Å². The van der Waals surface area contributed by atoms with E-state index in [1.165, 1.54) is 58.2 Å². The number of anilines is 3. The number of rotatable bonds is 27. The van der Waals surface area contributed by atoms with Crippen molar-refractivity contribution in [2.24, 2.45) is 5.92 Å². The second-order valence-corrected chi connectivity index (χ2v) is 21.6. The van der Waals surface area contributed by atoms with Gasteiger partial charge < -0.3 is 73.8 Å². The molecule has 8 rings (SSSR count). The van der Waals surface area contributed by atoms with Gasteiger partial charge in [-0.1, -0.05) is 44.2 Å². The van der Waals surface area contributed by atoms with Crippen molar-refractivity contribution in [3.63, 3.8) is 0 Å². The number of nitrogens with one attached hydrogen (secondary N) is 3. The number of carbonyl (C=O) groups is 9. The Hall–Kier alpha value is -9.92. The molecule has 0 fully saturated rings. The summed E-state index contributed by atoms with van der Waals surface area (Å²) in [6, 6.07) is 21.8. The van der Waals surface area contributed by atoms with Gasteiger partial charge in [-0.2, -0.15) is 0 Å². The third-order valence-corrected chi connectivity index (χ3v) is 14.6. The molecule has 4 heterocycles. The lowest BCUT2D eigenvalue weighted by molar-refractivity contribution is -0.137. The van der Waals surface area contributed by atoms with Gasteiger partial charge in [0, 0.05) is 86.5 Å². The van der Waals surface area contributed by atoms with Gasteiger partial charge in [0.05, 0.1) is 57.5 Å². The Morgan fingerprint density at radius 2 is 1.52 bits per heavy atom. The number of phenolic OH excluding ortho intramolecular Hbond substituents is 1. The summed E-state index contributed by atoms with van der Waals surface area (Å²) in [5.41, 5.74) is 4.84. The second-order valence-electron chi connectivity index (χ2n) is 21.6. The van der Waals surface area contributed by atoms with Crippen LogP contribution in [0.15, 0.2) is 109 Å². The fourth-order valence-electron chi connectivity index (χ4n) is 10.0. The first kappa shape index (κ1) is 65.1. The largest absolute Gasteiger partial charge is 0.508 e. The summed E-state index contributed by atoms with van der Waals surface area (Å²) in [6.45, 7) is 8.51. The van der Waals surface area contributed by atoms with Gasteiger partial charge in [-0.15, -0.1) is 0 Å². The number of carbonyl (C=O) groups excluding carboxylic acids is 9. The molecule has 0 saturated carbocycles. The molecule has 0 spiro atoms. The van der Waals surface area contributed by atoms with Crippen LogP contribution in [0.4, 0.5) is 31.4 Å². The lowest BCUT2D eigenvalue weighted by Gasteiger charge is -2.28. The SMILES string of the molecule is Cc1cccc2c(OC(=O)N(CCOCCO)CCN(C)C(=O)OCc3ccc(N(C(=O)CNC(=O)[C@@H](NC(=O)OCCOCCN4C(=O)C=CC4=O)C(C)C)C(C)C)cc3)cc3c(c12)CCN3C(=O)c1cn2cc(NC(=O)c3ccc(O)cc3)ccc2n1. The van der Waals surface area contributed by atoms with E-state index < -0.39 is 66.3 Å². The first-order valence-corrected chi connectivity index (χ1v) is 28.9. The van der Waals surface area contributed by atoms with E-state index in [0.717, 1.165) is 21.4 Å². The van der Waals surface area contributed by atoms with Gasteiger partial charge in [-0.3, -0.25) is 33.7 Å². The molecule has 2 aliphatic rings. The number of amides is 9. The van der Waals surface area contributed by atoms with Crippen molar-refractivity contribution >= 4 is 87.2 Å². The molecule has 2 aliphatic heterocycles. The Labute approximate surface area is 512 Å². The standard InChI is InChI=1S/C63H72N10O16/c1-39(2)57(67-61(82)87-33-32-86-30-27-72-53(76)20-21-54(72)77)59(80)64-35-55(78)73(40(3)4)45-15-10-42(11-16-45)38-88-62(83)68(6)24-25-69(26-29-85-31-28-74)63(84)89-51-34-50-47(56-41(5)8-7-9-48(51)56)22-23-71(50)60(81)49-37-70-36-44(14-19-52(70)66-49)65-58(79)43-12-17-46(75)18-13-43/h7-21,34,36-37,39-40,57,74-75H,22-33,35,38H2,1-6H3,(H,64,80)(H,65,79)(H,67,82)/t57-/m0/s1. The number of benzene rings is 4. The molecular formula is C63H72N10O16. The number of nitrogens with zero attached hydrogens (tertiary/aromatic N) is 7. The molecule has 26 nitrogen and oxygen atoms in total. The van der Waals surface area contributed by atoms with Crippen LogP contribution in [0.1, 0.15) is 65.2 Å². The van der Waals surface area contributed by atoms with Gasteiger partial charge in [0.15, 0.2) is 0 Å². The predicted molar refractivity (Wildman–Crippen MR) is 325 cm³/mol. The summed E-state index contributed by atoms with van der Waals surface area (Å²) in [6.07, 6.45) is 3.73. The summed E-state index contributed by atoms with van der Waals surface area (Å²) < 4.78 is 29.5. The van der Waals surface area contributed by atoms with Crippen LogP contribution in [0, 0.1) is 12.8 Å². The minimum atomic E-state index is -1.04. The van der Waals surface area contributed by atoms with Crippen molar-refractivity contribution in [1.82, 2.24) is 34.7 Å². The van der Waals surface area contributed by atoms with Crippen molar-refractivity contribution in [3.05, 3.63) is 137 Å². The smallest absolute Gasteiger partial charge is 0.415 e. The number of aliphatic hydroxyl groups is 1. The molecule has 0 radical (unpaired) electrons. The Kier molecular flexibility index (Phi) is 22.0. The molecule has 0 unspecified atom stereocenters. The van der Waals surface area contributed by atoms with E-state index in [4.69, 9.17) is 23.7 Å². The maximum Gasteiger partial charge on any atom is 0.415 e. The fourth-order valence-corrected chi connectivity index (χ4v) is 10.0. The molecule has 26 heteroatoms. The molecule has 5 N–H and O–H groups in total. The molecule has 89 heavy (non-hydrogen) atoms. The summed E-state index contributed by atoms with van der Waals surface area (Å²) >= 11 is 0. The van der Waals surface area contributed by atoms with Gasteiger partial charge in [0.2, 0.25) is 11.8 Å². The quantitative estimate of drug-likeness (QED) is 0.0310. The highest BCUT2D eigenvalue weighted by atomic mass is 16.6. The zero-order valence-corrected chi connectivity index (χ0v) is 50.3. The highest BCUT2D eigenvalue weighted by molar-refractivity contribution is 6.13. The predicted octanol–water partition coefficient (Wildman–Crippen LogP) is 5.59. The lowest BCUT2D eigenvalue weighted by atomic mass is 9.97. The number of likely N-dealkylation sites (N-methyl/N-ethyl adjacent to an activating group) is 1. The van der Waals surface area contributed by atoms with Gasteiger partial charge in [-0.05, 0) is 104 Å². The highest BCUT2D eigenvalue weighted by Gasteiger charge is 2.33. The van der Waals surface area contributed by atoms with E-state index in [-0.39, 0.29) is 102 Å². The van der Waals surface area contributed by atoms with Crippen LogP contribution >= 0.6 is 0 Å². The summed E-state index contributed by atoms with van der Waals surface area (Å²) in [5.74, 6) is -2.86. The zero-order valence-electron chi connectivity index (χ0n) is 50.3. The number of fused-ring (bicyclic) bond motifs is 4. The van der Waals surface area contributed by atoms with E-state index in [0.29, 0.717) is 52.2 Å². The Bertz CT molecular complexity index is 3610. The molecule has 2 aromatic heterocycles. The van der Waals surface area contributed by atoms with Gasteiger partial charge in [0.1, 0.15) is 42.1 Å². The number of pyridine rings is 1. The van der Waals surface area contributed by atoms with Crippen LogP contribution in [-0.2, 0) is 51.2 Å². The number of alkyl carbamates (subject to hydrolysis) is 1. The molecule has 0 bridgehead atoms. The lowest BCUT2D eigenvalue weighted by Crippen LogP contribution is -2.52. The van der Waals surface area contributed by atoms with Crippen LogP contribution < -0.4 is 30.5 Å². The molecular weight excluding hydrogens is 1150 g/mol. The van der Waals surface area contributed by atoms with Crippen molar-refractivity contribution in [1.29, 1.82) is 0 Å². The summed E-state index contributed by atoms with van der Waals surface area (Å²) in [7, 11) is 1.51. The van der Waals surface area contributed by atoms with E-state index in [1.54, 1.807) is 91.9 Å². The number of hydrogen-bond donors (Lipinski definition) is 5. The first-order valence-electron chi connectivity index (χ1n) is 28.9. The van der Waals surface area contributed by atoms with Crippen molar-refractivity contribution in [3.8, 4) is 11.5 Å². The molecule has 9 amide bonds. The van der Waals surface area contributed by atoms with Crippen molar-refractivity contribution < 1.29 is 77.0 Å². The zero-order chi connectivity index (χ0) is 63.9. The third kappa shape index (κ3) is 16.6. The van der Waals surface area contributed by atoms with E-state index in [2.05, 4.69) is 20.9 Å². The number of ether oxygens (including phenoxy) is 5. The Balaban J connectivity index is 0.840. The number of aryl methyl sites for hydroxylation is 1. The fraction of sp³-hybridized carbons (Fsp3) is 0.365. The average Bonchev–Trinajstić information content (AvgIpc) is 1.70. The molecule has 0 aliphatic carbocycles. The number of aromatic nitrogens is 2. The summed E-state index contributed by atoms with van der Waals surface area (Å²) in [5, 5.41) is 28.4. The third-order valence-electron chi connectivity index (χ3n) is 14.6. The van der Waals surface area contributed by atoms with Gasteiger partial charge >= 0.3 is 18.3 Å². The average molecular weight is 1230 g/mol. The number of imide groups is 1. The van der Waals surface area contributed by atoms with E-state index in [9.17, 15) is 53.4 Å². The van der Waals surface area contributed by atoms with Crippen LogP contribution in [0.2, 0.25) is 0 Å².